The van der Waals surface area contributed by atoms with Gasteiger partial charge in [-0.1, -0.05) is 12.1 Å². The Morgan fingerprint density at radius 3 is 2.96 bits per heavy atom. The largest absolute Gasteiger partial charge is 0.356 e. The summed E-state index contributed by atoms with van der Waals surface area (Å²) in [5.74, 6) is 0.559. The van der Waals surface area contributed by atoms with Crippen LogP contribution < -0.4 is 15.5 Å². The summed E-state index contributed by atoms with van der Waals surface area (Å²) < 4.78 is 27.1. The number of nitrogens with zero attached hydrogens (tertiary/aromatic N) is 3. The highest BCUT2D eigenvalue weighted by Gasteiger charge is 2.25. The van der Waals surface area contributed by atoms with E-state index in [1.54, 1.807) is 25.4 Å². The van der Waals surface area contributed by atoms with Gasteiger partial charge in [-0.2, -0.15) is 0 Å². The van der Waals surface area contributed by atoms with E-state index in [9.17, 15) is 8.78 Å². The van der Waals surface area contributed by atoms with Gasteiger partial charge in [-0.15, -0.1) is 0 Å². The molecule has 0 bridgehead atoms. The summed E-state index contributed by atoms with van der Waals surface area (Å²) >= 11 is 0. The molecule has 1 aliphatic heterocycles. The van der Waals surface area contributed by atoms with Crippen molar-refractivity contribution in [2.75, 3.05) is 31.6 Å². The third-order valence-corrected chi connectivity index (χ3v) is 4.39. The predicted octanol–water partition coefficient (Wildman–Crippen LogP) is 2.35. The molecule has 2 heterocycles. The molecule has 1 saturated heterocycles. The summed E-state index contributed by atoms with van der Waals surface area (Å²) in [7, 11) is 1.71. The highest BCUT2D eigenvalue weighted by atomic mass is 19.1. The first-order valence-corrected chi connectivity index (χ1v) is 8.73. The van der Waals surface area contributed by atoms with E-state index in [2.05, 4.69) is 20.6 Å². The van der Waals surface area contributed by atoms with Crippen molar-refractivity contribution in [1.82, 2.24) is 15.6 Å². The van der Waals surface area contributed by atoms with E-state index >= 15 is 0 Å². The number of pyridine rings is 1. The Labute approximate surface area is 152 Å². The van der Waals surface area contributed by atoms with Gasteiger partial charge in [0, 0.05) is 38.9 Å². The van der Waals surface area contributed by atoms with Gasteiger partial charge in [0.1, 0.15) is 5.82 Å². The lowest BCUT2D eigenvalue weighted by molar-refractivity contribution is 0.612. The molecule has 0 saturated carbocycles. The fraction of sp³-hybridized carbons (Fsp3) is 0.368. The van der Waals surface area contributed by atoms with Crippen LogP contribution in [0.3, 0.4) is 0 Å². The first kappa shape index (κ1) is 18.1. The SMILES string of the molecule is CN=C(NCCc1cccc(F)c1)NC1CCN(c2ncccc2F)C1. The topological polar surface area (TPSA) is 52.6 Å². The number of aromatic nitrogens is 1. The average molecular weight is 359 g/mol. The van der Waals surface area contributed by atoms with Crippen LogP contribution in [0, 0.1) is 11.6 Å². The molecule has 138 valence electrons. The maximum Gasteiger partial charge on any atom is 0.191 e. The number of aliphatic imine (C=N–C) groups is 1. The Hall–Kier alpha value is -2.70. The molecule has 1 fully saturated rings. The van der Waals surface area contributed by atoms with Gasteiger partial charge in [-0.3, -0.25) is 4.99 Å². The highest BCUT2D eigenvalue weighted by molar-refractivity contribution is 5.80. The summed E-state index contributed by atoms with van der Waals surface area (Å²) in [5, 5.41) is 6.59. The van der Waals surface area contributed by atoms with Crippen LogP contribution in [0.2, 0.25) is 0 Å². The van der Waals surface area contributed by atoms with Crippen molar-refractivity contribution < 1.29 is 8.78 Å². The number of nitrogens with one attached hydrogen (secondary N) is 2. The number of guanidine groups is 1. The maximum atomic E-state index is 13.9. The maximum absolute atomic E-state index is 13.9. The van der Waals surface area contributed by atoms with Crippen molar-refractivity contribution in [3.8, 4) is 0 Å². The molecule has 1 aromatic heterocycles. The van der Waals surface area contributed by atoms with Crippen molar-refractivity contribution in [3.05, 3.63) is 59.8 Å². The molecule has 0 radical (unpaired) electrons. The predicted molar refractivity (Wildman–Crippen MR) is 99.4 cm³/mol. The van der Waals surface area contributed by atoms with E-state index in [1.165, 1.54) is 18.2 Å². The zero-order valence-corrected chi connectivity index (χ0v) is 14.8. The van der Waals surface area contributed by atoms with E-state index in [0.29, 0.717) is 31.3 Å². The van der Waals surface area contributed by atoms with Gasteiger partial charge >= 0.3 is 0 Å². The minimum absolute atomic E-state index is 0.164. The number of benzene rings is 1. The van der Waals surface area contributed by atoms with Crippen LogP contribution in [0.15, 0.2) is 47.6 Å². The van der Waals surface area contributed by atoms with E-state index in [0.717, 1.165) is 18.5 Å². The van der Waals surface area contributed by atoms with Crippen LogP contribution in [-0.2, 0) is 6.42 Å². The zero-order chi connectivity index (χ0) is 18.4. The molecule has 1 aromatic carbocycles. The second-order valence-corrected chi connectivity index (χ2v) is 6.26. The van der Waals surface area contributed by atoms with Crippen LogP contribution in [0.1, 0.15) is 12.0 Å². The lowest BCUT2D eigenvalue weighted by Gasteiger charge is -2.20. The Morgan fingerprint density at radius 1 is 1.31 bits per heavy atom. The van der Waals surface area contributed by atoms with Gasteiger partial charge in [0.25, 0.3) is 0 Å². The van der Waals surface area contributed by atoms with E-state index in [1.807, 2.05) is 11.0 Å². The van der Waals surface area contributed by atoms with Crippen molar-refractivity contribution >= 4 is 11.8 Å². The van der Waals surface area contributed by atoms with Gasteiger partial charge in [0.05, 0.1) is 0 Å². The second-order valence-electron chi connectivity index (χ2n) is 6.26. The minimum atomic E-state index is -0.300. The normalized spacial score (nSPS) is 17.4. The lowest BCUT2D eigenvalue weighted by atomic mass is 10.1. The molecule has 2 N–H and O–H groups in total. The third kappa shape index (κ3) is 4.68. The molecule has 0 aliphatic carbocycles. The average Bonchev–Trinajstić information content (AvgIpc) is 3.09. The standard InChI is InChI=1S/C19H23F2N5/c1-22-19(24-10-7-14-4-2-5-15(20)12-14)25-16-8-11-26(13-16)18-17(21)6-3-9-23-18/h2-6,9,12,16H,7-8,10-11,13H2,1H3,(H2,22,24,25). The van der Waals surface area contributed by atoms with Crippen LogP contribution in [0.25, 0.3) is 0 Å². The lowest BCUT2D eigenvalue weighted by Crippen LogP contribution is -2.45. The third-order valence-electron chi connectivity index (χ3n) is 4.39. The summed E-state index contributed by atoms with van der Waals surface area (Å²) in [6.07, 6.45) is 3.18. The number of halogens is 2. The molecule has 1 aliphatic rings. The summed E-state index contributed by atoms with van der Waals surface area (Å²) in [5.41, 5.74) is 0.936. The summed E-state index contributed by atoms with van der Waals surface area (Å²) in [4.78, 5) is 10.3. The first-order chi connectivity index (χ1) is 12.7. The van der Waals surface area contributed by atoms with Crippen molar-refractivity contribution in [2.45, 2.75) is 18.9 Å². The van der Waals surface area contributed by atoms with Crippen molar-refractivity contribution in [2.24, 2.45) is 4.99 Å². The second kappa shape index (κ2) is 8.60. The number of hydrogen-bond donors (Lipinski definition) is 2. The van der Waals surface area contributed by atoms with Crippen LogP contribution in [0.4, 0.5) is 14.6 Å². The first-order valence-electron chi connectivity index (χ1n) is 8.73. The van der Waals surface area contributed by atoms with Gasteiger partial charge in [-0.05, 0) is 42.7 Å². The molecule has 5 nitrogen and oxygen atoms in total. The van der Waals surface area contributed by atoms with Crippen molar-refractivity contribution in [3.63, 3.8) is 0 Å². The summed E-state index contributed by atoms with van der Waals surface area (Å²) in [6.45, 7) is 2.05. The van der Waals surface area contributed by atoms with Gasteiger partial charge < -0.3 is 15.5 Å². The van der Waals surface area contributed by atoms with E-state index < -0.39 is 0 Å². The molecule has 7 heteroatoms. The van der Waals surface area contributed by atoms with Gasteiger partial charge in [0.2, 0.25) is 0 Å². The Morgan fingerprint density at radius 2 is 2.19 bits per heavy atom. The molecule has 1 unspecified atom stereocenters. The highest BCUT2D eigenvalue weighted by Crippen LogP contribution is 2.20. The quantitative estimate of drug-likeness (QED) is 0.636. The summed E-state index contributed by atoms with van der Waals surface area (Å²) in [6, 6.07) is 9.77. The van der Waals surface area contributed by atoms with E-state index in [4.69, 9.17) is 0 Å². The van der Waals surface area contributed by atoms with E-state index in [-0.39, 0.29) is 17.7 Å². The monoisotopic (exact) mass is 359 g/mol. The fourth-order valence-electron chi connectivity index (χ4n) is 3.09. The molecule has 2 aromatic rings. The number of anilines is 1. The molecule has 3 rings (SSSR count). The Kier molecular flexibility index (Phi) is 5.99. The fourth-order valence-corrected chi connectivity index (χ4v) is 3.09. The molecule has 0 amide bonds. The molecular formula is C19H23F2N5. The molecule has 0 spiro atoms. The Bertz CT molecular complexity index is 765. The Balaban J connectivity index is 1.47. The van der Waals surface area contributed by atoms with Crippen LogP contribution in [0.5, 0.6) is 0 Å². The van der Waals surface area contributed by atoms with Crippen LogP contribution >= 0.6 is 0 Å². The van der Waals surface area contributed by atoms with Gasteiger partial charge in [0.15, 0.2) is 17.6 Å². The number of rotatable bonds is 5. The molecule has 1 atom stereocenters. The number of hydrogen-bond acceptors (Lipinski definition) is 3. The zero-order valence-electron chi connectivity index (χ0n) is 14.8. The molecule has 26 heavy (non-hydrogen) atoms. The smallest absolute Gasteiger partial charge is 0.191 e. The molecular weight excluding hydrogens is 336 g/mol. The van der Waals surface area contributed by atoms with Crippen LogP contribution in [-0.4, -0.2) is 43.7 Å². The minimum Gasteiger partial charge on any atom is -0.356 e. The van der Waals surface area contributed by atoms with Gasteiger partial charge in [-0.25, -0.2) is 13.8 Å². The van der Waals surface area contributed by atoms with Crippen molar-refractivity contribution in [1.29, 1.82) is 0 Å².